The first-order valence-electron chi connectivity index (χ1n) is 6.89. The molecule has 2 heterocycles. The summed E-state index contributed by atoms with van der Waals surface area (Å²) in [5.41, 5.74) is 5.23. The highest BCUT2D eigenvalue weighted by atomic mass is 16.5. The van der Waals surface area contributed by atoms with Crippen molar-refractivity contribution in [1.82, 2.24) is 4.90 Å². The van der Waals surface area contributed by atoms with Crippen LogP contribution in [0.4, 0.5) is 0 Å². The van der Waals surface area contributed by atoms with Crippen LogP contribution in [-0.2, 0) is 14.3 Å². The van der Waals surface area contributed by atoms with Crippen LogP contribution >= 0.6 is 0 Å². The van der Waals surface area contributed by atoms with Gasteiger partial charge in [0.2, 0.25) is 5.91 Å². The number of carbonyl (C=O) groups excluding carboxylic acids is 1. The zero-order valence-corrected chi connectivity index (χ0v) is 11.1. The lowest BCUT2D eigenvalue weighted by Crippen LogP contribution is -2.57. The molecule has 3 N–H and O–H groups in total. The quantitative estimate of drug-likeness (QED) is 0.761. The number of rotatable bonds is 4. The highest BCUT2D eigenvalue weighted by Gasteiger charge is 2.41. The molecule has 19 heavy (non-hydrogen) atoms. The Bertz CT molecular complexity index is 345. The first kappa shape index (κ1) is 14.3. The fraction of sp³-hybridized carbons (Fsp3) is 0.846. The van der Waals surface area contributed by atoms with E-state index < -0.39 is 11.5 Å². The Morgan fingerprint density at radius 3 is 2.58 bits per heavy atom. The maximum Gasteiger partial charge on any atom is 0.303 e. The van der Waals surface area contributed by atoms with Crippen LogP contribution in [0.15, 0.2) is 0 Å². The number of hydrogen-bond acceptors (Lipinski definition) is 4. The largest absolute Gasteiger partial charge is 0.481 e. The molecule has 1 atom stereocenters. The van der Waals surface area contributed by atoms with E-state index in [4.69, 9.17) is 15.6 Å². The van der Waals surface area contributed by atoms with E-state index in [-0.39, 0.29) is 12.3 Å². The summed E-state index contributed by atoms with van der Waals surface area (Å²) >= 11 is 0. The Kier molecular flexibility index (Phi) is 4.42. The minimum atomic E-state index is -0.839. The van der Waals surface area contributed by atoms with Gasteiger partial charge in [-0.1, -0.05) is 0 Å². The van der Waals surface area contributed by atoms with Crippen LogP contribution in [0, 0.1) is 5.92 Å². The number of carboxylic acids is 1. The number of hydrogen-bond donors (Lipinski definition) is 2. The monoisotopic (exact) mass is 270 g/mol. The Labute approximate surface area is 112 Å². The van der Waals surface area contributed by atoms with Crippen LogP contribution in [0.25, 0.3) is 0 Å². The number of piperidine rings is 1. The predicted molar refractivity (Wildman–Crippen MR) is 68.5 cm³/mol. The molecule has 1 amide bonds. The number of amides is 1. The minimum absolute atomic E-state index is 0.0123. The summed E-state index contributed by atoms with van der Waals surface area (Å²) in [6, 6.07) is 0. The Hall–Kier alpha value is -1.14. The van der Waals surface area contributed by atoms with Gasteiger partial charge < -0.3 is 20.5 Å². The zero-order valence-electron chi connectivity index (χ0n) is 11.1. The van der Waals surface area contributed by atoms with Crippen LogP contribution in [0.3, 0.4) is 0 Å². The number of likely N-dealkylation sites (tertiary alicyclic amines) is 1. The second kappa shape index (κ2) is 5.88. The van der Waals surface area contributed by atoms with E-state index in [1.54, 1.807) is 0 Å². The highest BCUT2D eigenvalue weighted by molar-refractivity contribution is 5.86. The van der Waals surface area contributed by atoms with Crippen LogP contribution in [0.5, 0.6) is 0 Å². The molecule has 2 fully saturated rings. The molecule has 2 aliphatic heterocycles. The van der Waals surface area contributed by atoms with Crippen molar-refractivity contribution in [3.05, 3.63) is 0 Å². The second-order valence-electron chi connectivity index (χ2n) is 5.63. The summed E-state index contributed by atoms with van der Waals surface area (Å²) in [7, 11) is 0. The first-order valence-corrected chi connectivity index (χ1v) is 6.89. The zero-order chi connectivity index (χ0) is 13.9. The summed E-state index contributed by atoms with van der Waals surface area (Å²) in [6.45, 7) is 2.23. The Balaban J connectivity index is 1.79. The molecule has 0 saturated carbocycles. The molecule has 1 unspecified atom stereocenters. The third-order valence-corrected chi connectivity index (χ3v) is 4.15. The lowest BCUT2D eigenvalue weighted by Gasteiger charge is -2.36. The van der Waals surface area contributed by atoms with Gasteiger partial charge in [0.15, 0.2) is 0 Å². The number of nitrogens with zero attached hydrogens (tertiary/aromatic N) is 1. The molecule has 0 spiro atoms. The number of aliphatic carboxylic acids is 1. The minimum Gasteiger partial charge on any atom is -0.481 e. The third kappa shape index (κ3) is 3.45. The van der Waals surface area contributed by atoms with E-state index >= 15 is 0 Å². The smallest absolute Gasteiger partial charge is 0.303 e. The molecule has 0 aliphatic carbocycles. The standard InChI is InChI=1S/C13H22N2O4/c14-13(5-8-19-9-13)12(18)15-6-3-10(4-7-15)1-2-11(16)17/h10H,1-9,14H2,(H,16,17). The fourth-order valence-corrected chi connectivity index (χ4v) is 2.82. The number of nitrogens with two attached hydrogens (primary N) is 1. The van der Waals surface area contributed by atoms with Crippen molar-refractivity contribution in [2.75, 3.05) is 26.3 Å². The van der Waals surface area contributed by atoms with E-state index in [2.05, 4.69) is 0 Å². The maximum atomic E-state index is 12.3. The van der Waals surface area contributed by atoms with Gasteiger partial charge in [-0.05, 0) is 31.6 Å². The van der Waals surface area contributed by atoms with Crippen molar-refractivity contribution in [3.63, 3.8) is 0 Å². The molecule has 0 bridgehead atoms. The van der Waals surface area contributed by atoms with Gasteiger partial charge in [-0.15, -0.1) is 0 Å². The van der Waals surface area contributed by atoms with Gasteiger partial charge in [-0.2, -0.15) is 0 Å². The Morgan fingerprint density at radius 2 is 2.05 bits per heavy atom. The molecule has 0 radical (unpaired) electrons. The first-order chi connectivity index (χ1) is 9.01. The van der Waals surface area contributed by atoms with Gasteiger partial charge in [0.25, 0.3) is 0 Å². The van der Waals surface area contributed by atoms with Crippen molar-refractivity contribution in [2.45, 2.75) is 37.6 Å². The Morgan fingerprint density at radius 1 is 1.37 bits per heavy atom. The van der Waals surface area contributed by atoms with Crippen LogP contribution in [-0.4, -0.2) is 53.7 Å². The van der Waals surface area contributed by atoms with E-state index in [1.165, 1.54) is 0 Å². The summed E-state index contributed by atoms with van der Waals surface area (Å²) in [5, 5.41) is 8.67. The fourth-order valence-electron chi connectivity index (χ4n) is 2.82. The molecule has 0 aromatic rings. The maximum absolute atomic E-state index is 12.3. The van der Waals surface area contributed by atoms with E-state index in [1.807, 2.05) is 4.90 Å². The summed E-state index contributed by atoms with van der Waals surface area (Å²) in [6.07, 6.45) is 3.25. The van der Waals surface area contributed by atoms with Crippen LogP contribution in [0.1, 0.15) is 32.1 Å². The topological polar surface area (TPSA) is 92.9 Å². The van der Waals surface area contributed by atoms with Gasteiger partial charge >= 0.3 is 5.97 Å². The van der Waals surface area contributed by atoms with Crippen molar-refractivity contribution in [1.29, 1.82) is 0 Å². The average Bonchev–Trinajstić information content (AvgIpc) is 2.84. The summed E-state index contributed by atoms with van der Waals surface area (Å²) in [4.78, 5) is 24.7. The van der Waals surface area contributed by atoms with Gasteiger partial charge in [-0.3, -0.25) is 9.59 Å². The van der Waals surface area contributed by atoms with Gasteiger partial charge in [0, 0.05) is 26.1 Å². The summed E-state index contributed by atoms with van der Waals surface area (Å²) in [5.74, 6) is -0.349. The molecule has 6 heteroatoms. The van der Waals surface area contributed by atoms with Gasteiger partial charge in [0.05, 0.1) is 6.61 Å². The molecule has 6 nitrogen and oxygen atoms in total. The molecular formula is C13H22N2O4. The highest BCUT2D eigenvalue weighted by Crippen LogP contribution is 2.25. The number of ether oxygens (including phenoxy) is 1. The van der Waals surface area contributed by atoms with Crippen molar-refractivity contribution < 1.29 is 19.4 Å². The van der Waals surface area contributed by atoms with E-state index in [9.17, 15) is 9.59 Å². The average molecular weight is 270 g/mol. The molecule has 0 aromatic heterocycles. The van der Waals surface area contributed by atoms with E-state index in [0.717, 1.165) is 12.8 Å². The molecule has 108 valence electrons. The normalized spacial score (nSPS) is 28.6. The molecular weight excluding hydrogens is 248 g/mol. The second-order valence-corrected chi connectivity index (χ2v) is 5.63. The van der Waals surface area contributed by atoms with Crippen LogP contribution in [0.2, 0.25) is 0 Å². The molecule has 2 saturated heterocycles. The van der Waals surface area contributed by atoms with Crippen LogP contribution < -0.4 is 5.73 Å². The molecule has 0 aromatic carbocycles. The summed E-state index contributed by atoms with van der Waals surface area (Å²) < 4.78 is 5.22. The third-order valence-electron chi connectivity index (χ3n) is 4.15. The van der Waals surface area contributed by atoms with E-state index in [0.29, 0.717) is 45.1 Å². The van der Waals surface area contributed by atoms with Crippen molar-refractivity contribution in [3.8, 4) is 0 Å². The lowest BCUT2D eigenvalue weighted by atomic mass is 9.90. The van der Waals surface area contributed by atoms with Crippen molar-refractivity contribution in [2.24, 2.45) is 11.7 Å². The SMILES string of the molecule is NC1(C(=O)N2CCC(CCC(=O)O)CC2)CCOC1. The van der Waals surface area contributed by atoms with Crippen molar-refractivity contribution >= 4 is 11.9 Å². The predicted octanol–water partition coefficient (Wildman–Crippen LogP) is 0.208. The van der Waals surface area contributed by atoms with Gasteiger partial charge in [0.1, 0.15) is 5.54 Å². The molecule has 2 rings (SSSR count). The number of carboxylic acid groups (broad SMARTS) is 1. The lowest BCUT2D eigenvalue weighted by molar-refractivity contribution is -0.140. The molecule has 2 aliphatic rings. The van der Waals surface area contributed by atoms with Gasteiger partial charge in [-0.25, -0.2) is 0 Å². The number of carbonyl (C=O) groups is 2.